The molecule has 0 aliphatic heterocycles. The van der Waals surface area contributed by atoms with Crippen LogP contribution in [0.5, 0.6) is 0 Å². The third-order valence-corrected chi connectivity index (χ3v) is 5.01. The first-order valence-electron chi connectivity index (χ1n) is 7.36. The van der Waals surface area contributed by atoms with Crippen molar-refractivity contribution in [2.45, 2.75) is 50.8 Å². The zero-order valence-corrected chi connectivity index (χ0v) is 13.3. The lowest BCUT2D eigenvalue weighted by molar-refractivity contribution is 0.248. The zero-order valence-electron chi connectivity index (χ0n) is 12.5. The SMILES string of the molecule is CCSC1CCCC1NC(=O)Nc1cc(CC)nn1C. The van der Waals surface area contributed by atoms with Crippen molar-refractivity contribution in [3.8, 4) is 0 Å². The number of nitrogens with one attached hydrogen (secondary N) is 2. The van der Waals surface area contributed by atoms with E-state index in [0.717, 1.165) is 30.1 Å². The number of rotatable bonds is 5. The summed E-state index contributed by atoms with van der Waals surface area (Å²) in [6.45, 7) is 4.22. The van der Waals surface area contributed by atoms with Crippen LogP contribution >= 0.6 is 11.8 Å². The number of anilines is 1. The van der Waals surface area contributed by atoms with Crippen molar-refractivity contribution in [2.75, 3.05) is 11.1 Å². The molecule has 2 amide bonds. The maximum Gasteiger partial charge on any atom is 0.320 e. The van der Waals surface area contributed by atoms with Crippen LogP contribution in [0.2, 0.25) is 0 Å². The van der Waals surface area contributed by atoms with E-state index in [-0.39, 0.29) is 6.03 Å². The van der Waals surface area contributed by atoms with E-state index in [9.17, 15) is 4.79 Å². The van der Waals surface area contributed by atoms with Crippen LogP contribution < -0.4 is 10.6 Å². The standard InChI is InChI=1S/C14H24N4OS/c1-4-10-9-13(18(3)17-10)16-14(19)15-11-7-6-8-12(11)20-5-2/h9,11-12H,4-8H2,1-3H3,(H2,15,16,19). The van der Waals surface area contributed by atoms with Crippen LogP contribution in [0.15, 0.2) is 6.07 Å². The van der Waals surface area contributed by atoms with Gasteiger partial charge in [-0.1, -0.05) is 20.3 Å². The largest absolute Gasteiger partial charge is 0.334 e. The van der Waals surface area contributed by atoms with E-state index in [2.05, 4.69) is 29.6 Å². The van der Waals surface area contributed by atoms with E-state index in [1.165, 1.54) is 12.8 Å². The highest BCUT2D eigenvalue weighted by atomic mass is 32.2. The molecule has 1 aliphatic carbocycles. The number of aryl methyl sites for hydroxylation is 2. The molecular formula is C14H24N4OS. The van der Waals surface area contributed by atoms with Gasteiger partial charge >= 0.3 is 6.03 Å². The summed E-state index contributed by atoms with van der Waals surface area (Å²) in [5.74, 6) is 1.85. The third-order valence-electron chi connectivity index (χ3n) is 3.68. The van der Waals surface area contributed by atoms with Crippen molar-refractivity contribution in [2.24, 2.45) is 7.05 Å². The molecule has 2 N–H and O–H groups in total. The maximum atomic E-state index is 12.1. The van der Waals surface area contributed by atoms with Gasteiger partial charge in [-0.15, -0.1) is 0 Å². The van der Waals surface area contributed by atoms with Crippen LogP contribution in [-0.2, 0) is 13.5 Å². The molecule has 2 rings (SSSR count). The number of carbonyl (C=O) groups is 1. The topological polar surface area (TPSA) is 59.0 Å². The van der Waals surface area contributed by atoms with E-state index < -0.39 is 0 Å². The van der Waals surface area contributed by atoms with Gasteiger partial charge in [0.15, 0.2) is 0 Å². The number of carbonyl (C=O) groups excluding carboxylic acids is 1. The molecule has 5 nitrogen and oxygen atoms in total. The molecule has 112 valence electrons. The van der Waals surface area contributed by atoms with Crippen molar-refractivity contribution in [1.29, 1.82) is 0 Å². The maximum absolute atomic E-state index is 12.1. The lowest BCUT2D eigenvalue weighted by Gasteiger charge is -2.20. The second kappa shape index (κ2) is 7.02. The zero-order chi connectivity index (χ0) is 14.5. The van der Waals surface area contributed by atoms with Crippen molar-refractivity contribution in [1.82, 2.24) is 15.1 Å². The Kier molecular flexibility index (Phi) is 5.34. The highest BCUT2D eigenvalue weighted by Crippen LogP contribution is 2.29. The van der Waals surface area contributed by atoms with Crippen LogP contribution in [0.4, 0.5) is 10.6 Å². The van der Waals surface area contributed by atoms with E-state index in [0.29, 0.717) is 11.3 Å². The van der Waals surface area contributed by atoms with E-state index in [4.69, 9.17) is 0 Å². The summed E-state index contributed by atoms with van der Waals surface area (Å²) in [7, 11) is 1.85. The molecule has 0 spiro atoms. The summed E-state index contributed by atoms with van der Waals surface area (Å²) in [6.07, 6.45) is 4.36. The van der Waals surface area contributed by atoms with Crippen LogP contribution in [-0.4, -0.2) is 32.9 Å². The summed E-state index contributed by atoms with van der Waals surface area (Å²) >= 11 is 1.95. The van der Waals surface area contributed by atoms with Gasteiger partial charge < -0.3 is 5.32 Å². The number of urea groups is 1. The molecule has 0 saturated heterocycles. The first-order chi connectivity index (χ1) is 9.63. The number of hydrogen-bond donors (Lipinski definition) is 2. The third kappa shape index (κ3) is 3.69. The Balaban J connectivity index is 1.90. The average molecular weight is 296 g/mol. The molecule has 0 aromatic carbocycles. The quantitative estimate of drug-likeness (QED) is 0.878. The van der Waals surface area contributed by atoms with Crippen LogP contribution in [0.3, 0.4) is 0 Å². The number of aromatic nitrogens is 2. The molecule has 1 fully saturated rings. The second-order valence-electron chi connectivity index (χ2n) is 5.13. The van der Waals surface area contributed by atoms with Gasteiger partial charge in [0.1, 0.15) is 5.82 Å². The Bertz CT molecular complexity index is 460. The lowest BCUT2D eigenvalue weighted by Crippen LogP contribution is -2.41. The average Bonchev–Trinajstić information content (AvgIpc) is 2.98. The van der Waals surface area contributed by atoms with Gasteiger partial charge in [0.05, 0.1) is 5.69 Å². The molecule has 2 unspecified atom stereocenters. The molecule has 2 atom stereocenters. The molecular weight excluding hydrogens is 272 g/mol. The first-order valence-corrected chi connectivity index (χ1v) is 8.41. The Labute approximate surface area is 124 Å². The molecule has 1 aromatic heterocycles. The highest BCUT2D eigenvalue weighted by Gasteiger charge is 2.28. The normalized spacial score (nSPS) is 21.9. The van der Waals surface area contributed by atoms with Gasteiger partial charge in [-0.3, -0.25) is 10.00 Å². The summed E-state index contributed by atoms with van der Waals surface area (Å²) in [4.78, 5) is 12.1. The van der Waals surface area contributed by atoms with Gasteiger partial charge in [0, 0.05) is 24.4 Å². The van der Waals surface area contributed by atoms with E-state index in [1.807, 2.05) is 24.9 Å². The fourth-order valence-corrected chi connectivity index (χ4v) is 3.84. The summed E-state index contributed by atoms with van der Waals surface area (Å²) < 4.78 is 1.71. The van der Waals surface area contributed by atoms with E-state index >= 15 is 0 Å². The number of hydrogen-bond acceptors (Lipinski definition) is 3. The molecule has 1 aliphatic rings. The fraction of sp³-hybridized carbons (Fsp3) is 0.714. The van der Waals surface area contributed by atoms with Crippen molar-refractivity contribution in [3.05, 3.63) is 11.8 Å². The van der Waals surface area contributed by atoms with E-state index in [1.54, 1.807) is 4.68 Å². The molecule has 0 radical (unpaired) electrons. The van der Waals surface area contributed by atoms with Crippen LogP contribution in [0.25, 0.3) is 0 Å². The summed E-state index contributed by atoms with van der Waals surface area (Å²) in [5.41, 5.74) is 0.989. The smallest absolute Gasteiger partial charge is 0.320 e. The van der Waals surface area contributed by atoms with Crippen LogP contribution in [0, 0.1) is 0 Å². The van der Waals surface area contributed by atoms with Gasteiger partial charge in [0.2, 0.25) is 0 Å². The number of nitrogens with zero attached hydrogens (tertiary/aromatic N) is 2. The van der Waals surface area contributed by atoms with Gasteiger partial charge in [-0.05, 0) is 25.0 Å². The monoisotopic (exact) mass is 296 g/mol. The van der Waals surface area contributed by atoms with Crippen LogP contribution in [0.1, 0.15) is 38.8 Å². The Hall–Kier alpha value is -1.17. The highest BCUT2D eigenvalue weighted by molar-refractivity contribution is 7.99. The minimum absolute atomic E-state index is 0.121. The number of amides is 2. The minimum Gasteiger partial charge on any atom is -0.334 e. The Morgan fingerprint density at radius 3 is 2.95 bits per heavy atom. The summed E-state index contributed by atoms with van der Waals surface area (Å²) in [5, 5.41) is 10.9. The molecule has 1 heterocycles. The minimum atomic E-state index is -0.121. The van der Waals surface area contributed by atoms with Gasteiger partial charge in [0.25, 0.3) is 0 Å². The van der Waals surface area contributed by atoms with Gasteiger partial charge in [-0.25, -0.2) is 4.79 Å². The van der Waals surface area contributed by atoms with Crippen molar-refractivity contribution >= 4 is 23.6 Å². The van der Waals surface area contributed by atoms with Crippen molar-refractivity contribution < 1.29 is 4.79 Å². The Morgan fingerprint density at radius 1 is 1.50 bits per heavy atom. The summed E-state index contributed by atoms with van der Waals surface area (Å²) in [6, 6.07) is 2.09. The first kappa shape index (κ1) is 15.2. The number of thioether (sulfide) groups is 1. The molecule has 6 heteroatoms. The van der Waals surface area contributed by atoms with Gasteiger partial charge in [-0.2, -0.15) is 16.9 Å². The molecule has 1 saturated carbocycles. The predicted octanol–water partition coefficient (Wildman–Crippen LogP) is 2.78. The van der Waals surface area contributed by atoms with Crippen molar-refractivity contribution in [3.63, 3.8) is 0 Å². The molecule has 20 heavy (non-hydrogen) atoms. The lowest BCUT2D eigenvalue weighted by atomic mass is 10.2. The molecule has 1 aromatic rings. The molecule has 0 bridgehead atoms. The fourth-order valence-electron chi connectivity index (χ4n) is 2.64. The predicted molar refractivity (Wildman–Crippen MR) is 84.3 cm³/mol. The Morgan fingerprint density at radius 2 is 2.30 bits per heavy atom. The second-order valence-corrected chi connectivity index (χ2v) is 6.64.